The highest BCUT2D eigenvalue weighted by Crippen LogP contribution is 2.39. The van der Waals surface area contributed by atoms with Crippen LogP contribution in [-0.2, 0) is 118 Å². The van der Waals surface area contributed by atoms with Gasteiger partial charge in [-0.05, 0) is 179 Å². The van der Waals surface area contributed by atoms with Crippen LogP contribution in [0.2, 0.25) is 0 Å². The standard InChI is InChI=1S/C96H122S8/c1-90(2,3)81-39-67(53-97-55-69-33-71(43-82(41-69)91(4,5)6)57-99-59-73-35-75(47-84(45-73)93(10,11)12)61-101-63-77-37-79(51-86(49-77)95(16,17)18)65-103-88-28-24-22-25-29-88)32-68(40-81)54-98-56-70-34-72(44-83(42-70)92(7,8)9)58-100-60-74-36-76(48-85(46-74)94(13,14)15)62-102-64-78-38-80(52-87(50-78)96(19,20)21)66-104-89-30-26-23-27-31-89/h22-52H,53-66H2,1-21H3. The molecule has 0 saturated heterocycles. The Kier molecular flexibility index (Phi) is 29.8. The van der Waals surface area contributed by atoms with E-state index >= 15 is 0 Å². The Balaban J connectivity index is 0.804. The quantitative estimate of drug-likeness (QED) is 0.0403. The number of hydrogen-bond acceptors (Lipinski definition) is 8. The van der Waals surface area contributed by atoms with Crippen LogP contribution in [0.15, 0.2) is 198 Å². The molecule has 554 valence electrons. The first kappa shape index (κ1) is 83.8. The van der Waals surface area contributed by atoms with Gasteiger partial charge in [-0.2, -0.15) is 70.6 Å². The first-order valence-corrected chi connectivity index (χ1v) is 46.5. The molecular formula is C96H122S8. The zero-order valence-electron chi connectivity index (χ0n) is 67.1. The van der Waals surface area contributed by atoms with Crippen LogP contribution in [0.3, 0.4) is 0 Å². The second-order valence-corrected chi connectivity index (χ2v) is 44.2. The monoisotopic (exact) mass is 1530 g/mol. The molecule has 104 heavy (non-hydrogen) atoms. The zero-order chi connectivity index (χ0) is 75.3. The first-order valence-electron chi connectivity index (χ1n) is 37.6. The van der Waals surface area contributed by atoms with Crippen LogP contribution in [0.4, 0.5) is 0 Å². The lowest BCUT2D eigenvalue weighted by Crippen LogP contribution is -2.12. The summed E-state index contributed by atoms with van der Waals surface area (Å²) in [6.45, 7) is 49.6. The normalized spacial score (nSPS) is 12.7. The highest BCUT2D eigenvalue weighted by atomic mass is 32.2. The summed E-state index contributed by atoms with van der Waals surface area (Å²) < 4.78 is 0. The summed E-state index contributed by atoms with van der Waals surface area (Å²) in [4.78, 5) is 2.65. The van der Waals surface area contributed by atoms with Gasteiger partial charge in [-0.3, -0.25) is 0 Å². The van der Waals surface area contributed by atoms with Gasteiger partial charge in [0, 0.05) is 90.3 Å². The second-order valence-electron chi connectivity index (χ2n) is 36.2. The number of thioether (sulfide) groups is 8. The predicted molar refractivity (Wildman–Crippen MR) is 478 cm³/mol. The molecule has 9 rings (SSSR count). The molecule has 0 aliphatic carbocycles. The van der Waals surface area contributed by atoms with Crippen molar-refractivity contribution in [3.63, 3.8) is 0 Å². The van der Waals surface area contributed by atoms with Crippen LogP contribution in [0.1, 0.15) is 262 Å². The zero-order valence-corrected chi connectivity index (χ0v) is 73.6. The third-order valence-electron chi connectivity index (χ3n) is 19.0. The van der Waals surface area contributed by atoms with Crippen molar-refractivity contribution in [1.29, 1.82) is 0 Å². The molecule has 0 aliphatic heterocycles. The van der Waals surface area contributed by atoms with Gasteiger partial charge in [0.25, 0.3) is 0 Å². The highest BCUT2D eigenvalue weighted by molar-refractivity contribution is 7.99. The van der Waals surface area contributed by atoms with Gasteiger partial charge in [0.2, 0.25) is 0 Å². The molecule has 0 N–H and O–H groups in total. The minimum atomic E-state index is 0.0588. The van der Waals surface area contributed by atoms with E-state index in [2.05, 4.69) is 404 Å². The van der Waals surface area contributed by atoms with Gasteiger partial charge >= 0.3 is 0 Å². The van der Waals surface area contributed by atoms with Crippen LogP contribution in [0.5, 0.6) is 0 Å². The molecule has 0 radical (unpaired) electrons. The van der Waals surface area contributed by atoms with Crippen LogP contribution in [-0.4, -0.2) is 0 Å². The number of hydrogen-bond donors (Lipinski definition) is 0. The Bertz CT molecular complexity index is 3980. The average molecular weight is 1530 g/mol. The van der Waals surface area contributed by atoms with Crippen LogP contribution < -0.4 is 0 Å². The van der Waals surface area contributed by atoms with Crippen molar-refractivity contribution < 1.29 is 0 Å². The summed E-state index contributed by atoms with van der Waals surface area (Å²) in [6, 6.07) is 73.7. The molecule has 0 spiro atoms. The predicted octanol–water partition coefficient (Wildman–Crippen LogP) is 30.0. The van der Waals surface area contributed by atoms with Crippen molar-refractivity contribution in [3.05, 3.63) is 305 Å². The Morgan fingerprint density at radius 2 is 0.288 bits per heavy atom. The lowest BCUT2D eigenvalue weighted by Gasteiger charge is -2.23. The van der Waals surface area contributed by atoms with Gasteiger partial charge in [0.05, 0.1) is 0 Å². The fourth-order valence-corrected chi connectivity index (χ4v) is 19.8. The third-order valence-corrected chi connectivity index (χ3v) is 27.6. The molecule has 0 saturated carbocycles. The summed E-state index contributed by atoms with van der Waals surface area (Å²) in [5, 5.41) is 0. The first-order chi connectivity index (χ1) is 48.8. The van der Waals surface area contributed by atoms with E-state index in [1.807, 2.05) is 23.5 Å². The molecule has 0 amide bonds. The summed E-state index contributed by atoms with van der Waals surface area (Å²) >= 11 is 16.2. The fourth-order valence-electron chi connectivity index (χ4n) is 12.6. The van der Waals surface area contributed by atoms with E-state index < -0.39 is 0 Å². The summed E-state index contributed by atoms with van der Waals surface area (Å²) in [7, 11) is 0. The van der Waals surface area contributed by atoms with Crippen molar-refractivity contribution >= 4 is 94.1 Å². The van der Waals surface area contributed by atoms with Crippen molar-refractivity contribution in [2.75, 3.05) is 0 Å². The number of rotatable bonds is 30. The largest absolute Gasteiger partial charge is 0.152 e. The summed E-state index contributed by atoms with van der Waals surface area (Å²) in [6.07, 6.45) is 0. The molecule has 0 heterocycles. The molecule has 0 nitrogen and oxygen atoms in total. The molecule has 9 aromatic carbocycles. The molecule has 0 unspecified atom stereocenters. The second kappa shape index (κ2) is 37.0. The van der Waals surface area contributed by atoms with Gasteiger partial charge in [0.1, 0.15) is 0 Å². The maximum atomic E-state index is 2.51. The van der Waals surface area contributed by atoms with Crippen molar-refractivity contribution in [1.82, 2.24) is 0 Å². The highest BCUT2D eigenvalue weighted by Gasteiger charge is 2.24. The third kappa shape index (κ3) is 27.1. The smallest absolute Gasteiger partial charge is 0.0232 e. The van der Waals surface area contributed by atoms with Gasteiger partial charge in [0.15, 0.2) is 0 Å². The Hall–Kier alpha value is -4.22. The van der Waals surface area contributed by atoms with Gasteiger partial charge in [-0.15, -0.1) is 23.5 Å². The Morgan fingerprint density at radius 1 is 0.163 bits per heavy atom. The minimum Gasteiger partial charge on any atom is -0.152 e. The van der Waals surface area contributed by atoms with E-state index in [1.165, 1.54) is 127 Å². The molecule has 0 bridgehead atoms. The molecular weight excluding hydrogens is 1410 g/mol. The summed E-state index contributed by atoms with van der Waals surface area (Å²) in [5.74, 6) is 13.9. The fraction of sp³-hybridized carbons (Fsp3) is 0.438. The SMILES string of the molecule is CC(C)(C)c1cc(CSCc2cc(CSCc3cc(CSCc4cc(CSc5ccccc5)cc(C(C)(C)C)c4)cc(C(C)(C)C)c3)cc(C(C)(C)C)c2)cc(CSCc2cc(CSCc3cc(CSCc4cc(CSc5ccccc5)cc(C(C)(C)C)c4)cc(C(C)(C)C)c3)cc(C(C)(C)C)c2)c1. The van der Waals surface area contributed by atoms with E-state index in [9.17, 15) is 0 Å². The lowest BCUT2D eigenvalue weighted by atomic mass is 9.85. The minimum absolute atomic E-state index is 0.0588. The van der Waals surface area contributed by atoms with E-state index in [0.29, 0.717) is 0 Å². The summed E-state index contributed by atoms with van der Waals surface area (Å²) in [5.41, 5.74) is 30.6. The molecule has 0 aliphatic rings. The Morgan fingerprint density at radius 3 is 0.413 bits per heavy atom. The van der Waals surface area contributed by atoms with E-state index in [-0.39, 0.29) is 37.9 Å². The maximum absolute atomic E-state index is 2.51. The van der Waals surface area contributed by atoms with Gasteiger partial charge < -0.3 is 0 Å². The van der Waals surface area contributed by atoms with E-state index in [0.717, 1.165) is 80.5 Å². The average Bonchev–Trinajstić information content (AvgIpc) is 0.851. The molecule has 0 atom stereocenters. The van der Waals surface area contributed by atoms with Crippen molar-refractivity contribution in [3.8, 4) is 0 Å². The maximum Gasteiger partial charge on any atom is 0.0232 e. The topological polar surface area (TPSA) is 0 Å². The van der Waals surface area contributed by atoms with Crippen molar-refractivity contribution in [2.45, 2.75) is 274 Å². The van der Waals surface area contributed by atoms with Crippen LogP contribution >= 0.6 is 94.1 Å². The molecule has 8 heteroatoms. The Labute approximate surface area is 666 Å². The van der Waals surface area contributed by atoms with E-state index in [1.54, 1.807) is 0 Å². The van der Waals surface area contributed by atoms with Gasteiger partial charge in [-0.25, -0.2) is 0 Å². The number of benzene rings is 9. The molecule has 9 aromatic rings. The van der Waals surface area contributed by atoms with Crippen LogP contribution in [0.25, 0.3) is 0 Å². The van der Waals surface area contributed by atoms with Crippen LogP contribution in [0, 0.1) is 0 Å². The molecule has 0 fully saturated rings. The van der Waals surface area contributed by atoms with Gasteiger partial charge in [-0.1, -0.05) is 309 Å². The van der Waals surface area contributed by atoms with Crippen molar-refractivity contribution in [2.24, 2.45) is 0 Å². The van der Waals surface area contributed by atoms with E-state index in [4.69, 9.17) is 0 Å². The molecule has 0 aromatic heterocycles. The lowest BCUT2D eigenvalue weighted by molar-refractivity contribution is 0.588.